The first-order valence-electron chi connectivity index (χ1n) is 5.88. The molecule has 0 spiro atoms. The normalized spacial score (nSPS) is 10.5. The summed E-state index contributed by atoms with van der Waals surface area (Å²) in [5.74, 6) is 0. The van der Waals surface area contributed by atoms with Gasteiger partial charge in [-0.25, -0.2) is 4.68 Å². The minimum absolute atomic E-state index is 0.781. The summed E-state index contributed by atoms with van der Waals surface area (Å²) in [6.45, 7) is 5.41. The second-order valence-corrected chi connectivity index (χ2v) is 4.50. The van der Waals surface area contributed by atoms with Crippen molar-refractivity contribution in [2.75, 3.05) is 6.54 Å². The monoisotopic (exact) mass is 261 g/mol. The summed E-state index contributed by atoms with van der Waals surface area (Å²) in [5.41, 5.74) is 2.44. The second kappa shape index (κ2) is 6.38. The molecule has 0 atom stereocenters. The zero-order valence-electron chi connectivity index (χ0n) is 10.1. The fraction of sp³-hybridized carbons (Fsp3) is 0.214. The van der Waals surface area contributed by atoms with Crippen molar-refractivity contribution in [1.29, 1.82) is 0 Å². The van der Waals surface area contributed by atoms with Gasteiger partial charge in [0.2, 0.25) is 0 Å². The predicted octanol–water partition coefficient (Wildman–Crippen LogP) is 2.97. The molecule has 94 valence electrons. The lowest BCUT2D eigenvalue weighted by atomic mass is 10.1. The molecule has 0 unspecified atom stereocenters. The van der Waals surface area contributed by atoms with Crippen LogP contribution in [0.1, 0.15) is 11.1 Å². The smallest absolute Gasteiger partial charge is 0.0538 e. The molecule has 2 rings (SSSR count). The van der Waals surface area contributed by atoms with Gasteiger partial charge in [0.15, 0.2) is 0 Å². The van der Waals surface area contributed by atoms with Crippen LogP contribution in [0.5, 0.6) is 0 Å². The van der Waals surface area contributed by atoms with Gasteiger partial charge in [0.25, 0.3) is 0 Å². The lowest BCUT2D eigenvalue weighted by Crippen LogP contribution is -2.16. The summed E-state index contributed by atoms with van der Waals surface area (Å²) in [5, 5.41) is 8.29. The van der Waals surface area contributed by atoms with Gasteiger partial charge in [-0.05, 0) is 30.7 Å². The maximum atomic E-state index is 5.84. The summed E-state index contributed by atoms with van der Waals surface area (Å²) in [6.07, 6.45) is 6.48. The van der Waals surface area contributed by atoms with Crippen molar-refractivity contribution in [2.45, 2.75) is 13.0 Å². The molecule has 0 saturated heterocycles. The fourth-order valence-corrected chi connectivity index (χ4v) is 1.81. The van der Waals surface area contributed by atoms with E-state index >= 15 is 0 Å². The molecular weight excluding hydrogens is 246 g/mol. The highest BCUT2D eigenvalue weighted by Crippen LogP contribution is 2.09. The molecule has 3 nitrogen and oxygen atoms in total. The van der Waals surface area contributed by atoms with E-state index in [1.807, 2.05) is 24.5 Å². The number of hydrogen-bond donors (Lipinski definition) is 1. The van der Waals surface area contributed by atoms with Crippen LogP contribution in [0, 0.1) is 0 Å². The Morgan fingerprint density at radius 1 is 1.28 bits per heavy atom. The van der Waals surface area contributed by atoms with Crippen molar-refractivity contribution in [3.05, 3.63) is 59.4 Å². The molecule has 0 saturated carbocycles. The molecule has 0 bridgehead atoms. The van der Waals surface area contributed by atoms with Crippen molar-refractivity contribution in [1.82, 2.24) is 15.1 Å². The third kappa shape index (κ3) is 3.72. The highest BCUT2D eigenvalue weighted by molar-refractivity contribution is 6.30. The van der Waals surface area contributed by atoms with Crippen LogP contribution in [-0.2, 0) is 13.0 Å². The van der Waals surface area contributed by atoms with Crippen molar-refractivity contribution < 1.29 is 0 Å². The standard InChI is InChI=1S/C14H16ClN3/c1-2-18-11-13(10-17-18)9-16-8-7-12-3-5-14(15)6-4-12/h2-6,10-11,16H,1,7-9H2. The first-order valence-corrected chi connectivity index (χ1v) is 6.26. The van der Waals surface area contributed by atoms with E-state index in [4.69, 9.17) is 11.6 Å². The Hall–Kier alpha value is -1.58. The zero-order valence-corrected chi connectivity index (χ0v) is 10.9. The van der Waals surface area contributed by atoms with Crippen molar-refractivity contribution in [2.24, 2.45) is 0 Å². The van der Waals surface area contributed by atoms with Crippen molar-refractivity contribution in [3.63, 3.8) is 0 Å². The van der Waals surface area contributed by atoms with E-state index in [0.717, 1.165) is 30.1 Å². The van der Waals surface area contributed by atoms with Crippen LogP contribution in [-0.4, -0.2) is 16.3 Å². The molecule has 0 radical (unpaired) electrons. The van der Waals surface area contributed by atoms with Crippen LogP contribution in [0.3, 0.4) is 0 Å². The molecule has 0 fully saturated rings. The summed E-state index contributed by atoms with van der Waals surface area (Å²) in [6, 6.07) is 7.95. The van der Waals surface area contributed by atoms with Crippen LogP contribution < -0.4 is 5.32 Å². The number of benzene rings is 1. The molecule has 2 aromatic rings. The lowest BCUT2D eigenvalue weighted by Gasteiger charge is -2.03. The molecule has 1 heterocycles. The minimum atomic E-state index is 0.781. The van der Waals surface area contributed by atoms with Crippen LogP contribution in [0.2, 0.25) is 5.02 Å². The number of hydrogen-bond acceptors (Lipinski definition) is 2. The Morgan fingerprint density at radius 2 is 2.06 bits per heavy atom. The van der Waals surface area contributed by atoms with Gasteiger partial charge in [-0.15, -0.1) is 0 Å². The third-order valence-electron chi connectivity index (χ3n) is 2.67. The fourth-order valence-electron chi connectivity index (χ4n) is 1.69. The summed E-state index contributed by atoms with van der Waals surface area (Å²) >= 11 is 5.84. The Bertz CT molecular complexity index is 502. The zero-order chi connectivity index (χ0) is 12.8. The number of rotatable bonds is 6. The average Bonchev–Trinajstić information content (AvgIpc) is 2.85. The van der Waals surface area contributed by atoms with Gasteiger partial charge in [-0.1, -0.05) is 30.3 Å². The Balaban J connectivity index is 1.72. The van der Waals surface area contributed by atoms with E-state index < -0.39 is 0 Å². The van der Waals surface area contributed by atoms with Crippen LogP contribution in [0.4, 0.5) is 0 Å². The van der Waals surface area contributed by atoms with Gasteiger partial charge in [0, 0.05) is 29.5 Å². The highest BCUT2D eigenvalue weighted by atomic mass is 35.5. The number of aromatic nitrogens is 2. The Morgan fingerprint density at radius 3 is 2.72 bits per heavy atom. The highest BCUT2D eigenvalue weighted by Gasteiger charge is 1.97. The van der Waals surface area contributed by atoms with E-state index in [1.165, 1.54) is 5.56 Å². The van der Waals surface area contributed by atoms with E-state index in [0.29, 0.717) is 0 Å². The maximum Gasteiger partial charge on any atom is 0.0538 e. The van der Waals surface area contributed by atoms with Gasteiger partial charge >= 0.3 is 0 Å². The first-order chi connectivity index (χ1) is 8.78. The molecule has 18 heavy (non-hydrogen) atoms. The van der Waals surface area contributed by atoms with E-state index in [1.54, 1.807) is 10.9 Å². The molecule has 0 aliphatic rings. The SMILES string of the molecule is C=Cn1cc(CNCCc2ccc(Cl)cc2)cn1. The second-order valence-electron chi connectivity index (χ2n) is 4.06. The summed E-state index contributed by atoms with van der Waals surface area (Å²) in [7, 11) is 0. The summed E-state index contributed by atoms with van der Waals surface area (Å²) < 4.78 is 1.70. The lowest BCUT2D eigenvalue weighted by molar-refractivity contribution is 0.687. The van der Waals surface area contributed by atoms with E-state index in [-0.39, 0.29) is 0 Å². The molecule has 1 N–H and O–H groups in total. The van der Waals surface area contributed by atoms with E-state index in [9.17, 15) is 0 Å². The first kappa shape index (κ1) is 12.9. The third-order valence-corrected chi connectivity index (χ3v) is 2.93. The number of halogens is 1. The van der Waals surface area contributed by atoms with E-state index in [2.05, 4.69) is 29.1 Å². The molecule has 0 amide bonds. The number of nitrogens with one attached hydrogen (secondary N) is 1. The van der Waals surface area contributed by atoms with Crippen LogP contribution in [0.15, 0.2) is 43.2 Å². The molecule has 1 aromatic carbocycles. The Labute approximate surface area is 112 Å². The van der Waals surface area contributed by atoms with Crippen LogP contribution in [0.25, 0.3) is 6.20 Å². The average molecular weight is 262 g/mol. The summed E-state index contributed by atoms with van der Waals surface area (Å²) in [4.78, 5) is 0. The van der Waals surface area contributed by atoms with Gasteiger partial charge < -0.3 is 5.32 Å². The maximum absolute atomic E-state index is 5.84. The van der Waals surface area contributed by atoms with Gasteiger partial charge in [0.1, 0.15) is 0 Å². The predicted molar refractivity (Wildman–Crippen MR) is 75.5 cm³/mol. The molecule has 0 aliphatic carbocycles. The van der Waals surface area contributed by atoms with Crippen LogP contribution >= 0.6 is 11.6 Å². The quantitative estimate of drug-likeness (QED) is 0.811. The van der Waals surface area contributed by atoms with Gasteiger partial charge in [0.05, 0.1) is 6.20 Å². The molecule has 4 heteroatoms. The number of nitrogens with zero attached hydrogens (tertiary/aromatic N) is 2. The molecule has 1 aromatic heterocycles. The van der Waals surface area contributed by atoms with Gasteiger partial charge in [-0.3, -0.25) is 0 Å². The molecular formula is C14H16ClN3. The minimum Gasteiger partial charge on any atom is -0.312 e. The largest absolute Gasteiger partial charge is 0.312 e. The molecule has 0 aliphatic heterocycles. The van der Waals surface area contributed by atoms with Crippen molar-refractivity contribution in [3.8, 4) is 0 Å². The van der Waals surface area contributed by atoms with Gasteiger partial charge in [-0.2, -0.15) is 5.10 Å². The topological polar surface area (TPSA) is 29.9 Å². The van der Waals surface area contributed by atoms with Crippen molar-refractivity contribution >= 4 is 17.8 Å². The Kier molecular flexibility index (Phi) is 4.56.